The highest BCUT2D eigenvalue weighted by Crippen LogP contribution is 2.38. The number of hydrogen-bond donors (Lipinski definition) is 3. The molecule has 200 valence electrons. The van der Waals surface area contributed by atoms with Crippen molar-refractivity contribution in [3.63, 3.8) is 0 Å². The number of carbonyl (C=O) groups excluding carboxylic acids is 1. The van der Waals surface area contributed by atoms with Gasteiger partial charge in [0, 0.05) is 12.1 Å². The summed E-state index contributed by atoms with van der Waals surface area (Å²) in [7, 11) is 0. The number of nitrogens with one attached hydrogen (secondary N) is 3. The molecule has 1 amide bonds. The lowest BCUT2D eigenvalue weighted by Gasteiger charge is -2.30. The third kappa shape index (κ3) is 6.72. The van der Waals surface area contributed by atoms with E-state index < -0.39 is 36.8 Å². The molecule has 1 heterocycles. The van der Waals surface area contributed by atoms with Crippen molar-refractivity contribution in [2.24, 2.45) is 5.92 Å². The number of ether oxygens (including phenoxy) is 1. The second-order valence-corrected chi connectivity index (χ2v) is 9.45. The van der Waals surface area contributed by atoms with Gasteiger partial charge in [0.15, 0.2) is 6.61 Å². The summed E-state index contributed by atoms with van der Waals surface area (Å²) in [5.74, 6) is -2.43. The number of benzene rings is 2. The molecular formula is C23H20Cl2F6N4O2. The number of fused-ring (bicyclic) bond motifs is 1. The number of H-pyrrole nitrogens is 1. The van der Waals surface area contributed by atoms with E-state index in [1.165, 1.54) is 12.1 Å². The highest BCUT2D eigenvalue weighted by atomic mass is 35.5. The molecular weight excluding hydrogens is 549 g/mol. The lowest BCUT2D eigenvalue weighted by Crippen LogP contribution is -2.40. The molecule has 37 heavy (non-hydrogen) atoms. The average molecular weight is 569 g/mol. The van der Waals surface area contributed by atoms with Crippen molar-refractivity contribution in [2.45, 2.75) is 44.1 Å². The summed E-state index contributed by atoms with van der Waals surface area (Å²) in [4.78, 5) is 20.1. The molecule has 3 aromatic rings. The zero-order valence-corrected chi connectivity index (χ0v) is 20.4. The van der Waals surface area contributed by atoms with Gasteiger partial charge in [-0.1, -0.05) is 29.3 Å². The minimum absolute atomic E-state index is 0.0893. The van der Waals surface area contributed by atoms with Gasteiger partial charge in [0.25, 0.3) is 5.91 Å². The van der Waals surface area contributed by atoms with E-state index in [0.29, 0.717) is 15.7 Å². The van der Waals surface area contributed by atoms with Crippen molar-refractivity contribution in [3.05, 3.63) is 45.9 Å². The van der Waals surface area contributed by atoms with E-state index in [0.717, 1.165) is 0 Å². The van der Waals surface area contributed by atoms with Crippen LogP contribution in [0.4, 0.5) is 38.0 Å². The van der Waals surface area contributed by atoms with Crippen molar-refractivity contribution in [3.8, 4) is 5.75 Å². The molecule has 14 heteroatoms. The van der Waals surface area contributed by atoms with Gasteiger partial charge in [0.05, 0.1) is 38.2 Å². The van der Waals surface area contributed by atoms with Crippen molar-refractivity contribution in [1.29, 1.82) is 0 Å². The van der Waals surface area contributed by atoms with Gasteiger partial charge in [-0.15, -0.1) is 0 Å². The molecule has 0 bridgehead atoms. The smallest absolute Gasteiger partial charge is 0.422 e. The van der Waals surface area contributed by atoms with Crippen LogP contribution in [0, 0.1) is 5.92 Å². The van der Waals surface area contributed by atoms with E-state index in [-0.39, 0.29) is 54.0 Å². The number of halogens is 8. The molecule has 0 radical (unpaired) electrons. The Morgan fingerprint density at radius 2 is 1.70 bits per heavy atom. The van der Waals surface area contributed by atoms with E-state index in [9.17, 15) is 31.1 Å². The Morgan fingerprint density at radius 3 is 2.30 bits per heavy atom. The summed E-state index contributed by atoms with van der Waals surface area (Å²) in [6, 6.07) is 6.70. The number of aromatic nitrogens is 2. The summed E-state index contributed by atoms with van der Waals surface area (Å²) >= 11 is 12.3. The van der Waals surface area contributed by atoms with Crippen LogP contribution in [-0.2, 0) is 0 Å². The van der Waals surface area contributed by atoms with E-state index in [1.54, 1.807) is 18.2 Å². The van der Waals surface area contributed by atoms with Crippen LogP contribution in [0.1, 0.15) is 36.0 Å². The average Bonchev–Trinajstić information content (AvgIpc) is 3.20. The maximum Gasteiger partial charge on any atom is 0.422 e. The number of rotatable bonds is 6. The van der Waals surface area contributed by atoms with Gasteiger partial charge in [-0.25, -0.2) is 4.98 Å². The Balaban J connectivity index is 1.59. The van der Waals surface area contributed by atoms with Gasteiger partial charge in [-0.05, 0) is 43.9 Å². The predicted molar refractivity (Wildman–Crippen MR) is 127 cm³/mol. The largest absolute Gasteiger partial charge is 0.483 e. The molecule has 6 nitrogen and oxygen atoms in total. The summed E-state index contributed by atoms with van der Waals surface area (Å²) in [6.45, 7) is -1.65. The number of carbonyl (C=O) groups is 1. The zero-order valence-electron chi connectivity index (χ0n) is 18.9. The fraction of sp³-hybridized carbons (Fsp3) is 0.391. The molecule has 0 unspecified atom stereocenters. The highest BCUT2D eigenvalue weighted by Gasteiger charge is 2.41. The van der Waals surface area contributed by atoms with Gasteiger partial charge in [-0.2, -0.15) is 26.3 Å². The molecule has 0 atom stereocenters. The van der Waals surface area contributed by atoms with Gasteiger partial charge >= 0.3 is 12.4 Å². The summed E-state index contributed by atoms with van der Waals surface area (Å²) in [5.41, 5.74) is 0.579. The van der Waals surface area contributed by atoms with Crippen LogP contribution in [0.25, 0.3) is 11.0 Å². The number of aromatic amines is 1. The molecule has 0 saturated heterocycles. The number of imidazole rings is 1. The summed E-state index contributed by atoms with van der Waals surface area (Å²) < 4.78 is 82.2. The topological polar surface area (TPSA) is 79.0 Å². The number of alkyl halides is 6. The normalized spacial score (nSPS) is 18.6. The molecule has 2 aromatic carbocycles. The van der Waals surface area contributed by atoms with Gasteiger partial charge in [0.1, 0.15) is 5.75 Å². The van der Waals surface area contributed by atoms with E-state index in [1.807, 2.05) is 0 Å². The maximum atomic E-state index is 13.0. The first-order valence-electron chi connectivity index (χ1n) is 11.1. The molecule has 1 saturated carbocycles. The molecule has 1 aliphatic carbocycles. The number of hydrogen-bond acceptors (Lipinski definition) is 4. The minimum Gasteiger partial charge on any atom is -0.483 e. The number of amides is 1. The Bertz CT molecular complexity index is 1270. The van der Waals surface area contributed by atoms with Gasteiger partial charge in [0.2, 0.25) is 5.95 Å². The van der Waals surface area contributed by atoms with Crippen LogP contribution >= 0.6 is 23.2 Å². The van der Waals surface area contributed by atoms with Crippen LogP contribution in [0.2, 0.25) is 10.0 Å². The Morgan fingerprint density at radius 1 is 1.05 bits per heavy atom. The Labute approximate surface area is 216 Å². The third-order valence-electron chi connectivity index (χ3n) is 5.95. The van der Waals surface area contributed by atoms with Crippen molar-refractivity contribution < 1.29 is 35.9 Å². The number of nitrogens with zero attached hydrogens (tertiary/aromatic N) is 1. The monoisotopic (exact) mass is 568 g/mol. The molecule has 3 N–H and O–H groups in total. The fourth-order valence-corrected chi connectivity index (χ4v) is 4.61. The SMILES string of the molecule is O=C(N[C@H]1CC[C@H](C(F)(F)F)CC1)c1cc2nc(Nc3c(Cl)cccc3Cl)[nH]c2cc1OCC(F)(F)F. The van der Waals surface area contributed by atoms with Crippen molar-refractivity contribution in [2.75, 3.05) is 11.9 Å². The summed E-state index contributed by atoms with van der Waals surface area (Å²) in [5, 5.41) is 6.10. The molecule has 0 spiro atoms. The van der Waals surface area contributed by atoms with Crippen LogP contribution in [0.3, 0.4) is 0 Å². The highest BCUT2D eigenvalue weighted by molar-refractivity contribution is 6.39. The Kier molecular flexibility index (Phi) is 7.70. The first kappa shape index (κ1) is 27.2. The van der Waals surface area contributed by atoms with Crippen LogP contribution < -0.4 is 15.4 Å². The van der Waals surface area contributed by atoms with Crippen molar-refractivity contribution >= 4 is 51.8 Å². The minimum atomic E-state index is -4.67. The van der Waals surface area contributed by atoms with E-state index in [2.05, 4.69) is 20.6 Å². The van der Waals surface area contributed by atoms with E-state index >= 15 is 0 Å². The van der Waals surface area contributed by atoms with Crippen molar-refractivity contribution in [1.82, 2.24) is 15.3 Å². The second kappa shape index (κ2) is 10.5. The number of para-hydroxylation sites is 1. The first-order chi connectivity index (χ1) is 17.3. The quantitative estimate of drug-likeness (QED) is 0.270. The zero-order chi connectivity index (χ0) is 27.0. The second-order valence-electron chi connectivity index (χ2n) is 8.64. The van der Waals surface area contributed by atoms with Crippen LogP contribution in [0.15, 0.2) is 30.3 Å². The lowest BCUT2D eigenvalue weighted by molar-refractivity contribution is -0.182. The molecule has 1 aliphatic rings. The molecule has 0 aliphatic heterocycles. The molecule has 1 aromatic heterocycles. The van der Waals surface area contributed by atoms with E-state index in [4.69, 9.17) is 27.9 Å². The number of anilines is 2. The van der Waals surface area contributed by atoms with Crippen LogP contribution in [0.5, 0.6) is 5.75 Å². The summed E-state index contributed by atoms with van der Waals surface area (Å²) in [6.07, 6.45) is -9.09. The van der Waals surface area contributed by atoms with Gasteiger partial charge in [-0.3, -0.25) is 4.79 Å². The first-order valence-corrected chi connectivity index (χ1v) is 11.9. The fourth-order valence-electron chi connectivity index (χ4n) is 4.12. The molecule has 4 rings (SSSR count). The van der Waals surface area contributed by atoms with Gasteiger partial charge < -0.3 is 20.4 Å². The van der Waals surface area contributed by atoms with Crippen LogP contribution in [-0.4, -0.2) is 40.9 Å². The maximum absolute atomic E-state index is 13.0. The third-order valence-corrected chi connectivity index (χ3v) is 6.58. The molecule has 1 fully saturated rings. The lowest BCUT2D eigenvalue weighted by atomic mass is 9.85. The standard InChI is InChI=1S/C23H20Cl2F6N4O2/c24-14-2-1-3-15(25)19(14)35-21-33-16-8-13(18(9-17(16)34-21)37-10-22(26,27)28)20(36)32-12-6-4-11(5-7-12)23(29,30)31/h1-3,8-9,11-12H,4-7,10H2,(H,32,36)(H2,33,34,35)/t11-,12-. The predicted octanol–water partition coefficient (Wildman–Crippen LogP) is 7.41. The Hall–Kier alpha value is -2.86.